The normalized spacial score (nSPS) is 9.18. The van der Waals surface area contributed by atoms with Gasteiger partial charge in [-0.3, -0.25) is 10.1 Å². The number of nitro groups is 1. The largest absolute Gasteiger partial charge is 0.467 e. The number of hydrogen-bond acceptors (Lipinski definition) is 5. The predicted molar refractivity (Wildman–Crippen MR) is 35.2 cm³/mol. The Labute approximate surface area is 62.0 Å². The lowest BCUT2D eigenvalue weighted by atomic mass is 10.6. The molecule has 1 aromatic heterocycles. The molecule has 1 heterocycles. The Bertz CT molecular complexity index is 258. The Morgan fingerprint density at radius 3 is 2.45 bits per heavy atom. The number of methoxy groups -OCH3 is 1. The lowest BCUT2D eigenvalue weighted by Gasteiger charge is -1.93. The minimum atomic E-state index is -0.570. The van der Waals surface area contributed by atoms with Crippen molar-refractivity contribution in [1.82, 2.24) is 9.97 Å². The van der Waals surface area contributed by atoms with Crippen LogP contribution < -0.4 is 4.74 Å². The molecular formula is C5H5N3O3. The Hall–Kier alpha value is -1.72. The van der Waals surface area contributed by atoms with E-state index >= 15 is 0 Å². The average molecular weight is 155 g/mol. The fraction of sp³-hybridized carbons (Fsp3) is 0.200. The van der Waals surface area contributed by atoms with Crippen LogP contribution >= 0.6 is 0 Å². The van der Waals surface area contributed by atoms with Crippen molar-refractivity contribution in [2.75, 3.05) is 7.11 Å². The molecule has 0 fully saturated rings. The van der Waals surface area contributed by atoms with Crippen LogP contribution in [0.25, 0.3) is 0 Å². The highest BCUT2D eigenvalue weighted by molar-refractivity contribution is 5.21. The zero-order valence-corrected chi connectivity index (χ0v) is 5.72. The van der Waals surface area contributed by atoms with E-state index in [2.05, 4.69) is 14.7 Å². The fourth-order valence-electron chi connectivity index (χ4n) is 0.509. The summed E-state index contributed by atoms with van der Waals surface area (Å²) in [5.74, 6) is 0. The van der Waals surface area contributed by atoms with E-state index in [1.807, 2.05) is 0 Å². The monoisotopic (exact) mass is 155 g/mol. The summed E-state index contributed by atoms with van der Waals surface area (Å²) in [6.45, 7) is 0. The summed E-state index contributed by atoms with van der Waals surface area (Å²) in [5, 5.41) is 10.1. The summed E-state index contributed by atoms with van der Waals surface area (Å²) < 4.78 is 4.60. The van der Waals surface area contributed by atoms with Gasteiger partial charge in [0.05, 0.1) is 12.0 Å². The second kappa shape index (κ2) is 2.91. The van der Waals surface area contributed by atoms with Gasteiger partial charge >= 0.3 is 11.7 Å². The average Bonchev–Trinajstić information content (AvgIpc) is 2.05. The first kappa shape index (κ1) is 7.39. The van der Waals surface area contributed by atoms with Gasteiger partial charge in [0.15, 0.2) is 0 Å². The molecule has 0 spiro atoms. The quantitative estimate of drug-likeness (QED) is 0.456. The SMILES string of the molecule is COc1ncc([N+](=O)[O-])cn1. The van der Waals surface area contributed by atoms with E-state index < -0.39 is 4.92 Å². The van der Waals surface area contributed by atoms with Crippen LogP contribution in [0.5, 0.6) is 6.01 Å². The minimum Gasteiger partial charge on any atom is -0.467 e. The first-order valence-electron chi connectivity index (χ1n) is 2.74. The summed E-state index contributed by atoms with van der Waals surface area (Å²) in [6, 6.07) is 0.121. The third kappa shape index (κ3) is 1.60. The third-order valence-electron chi connectivity index (χ3n) is 1.01. The van der Waals surface area contributed by atoms with Gasteiger partial charge in [0.25, 0.3) is 0 Å². The zero-order chi connectivity index (χ0) is 8.27. The van der Waals surface area contributed by atoms with Gasteiger partial charge in [0, 0.05) is 0 Å². The first-order valence-corrected chi connectivity index (χ1v) is 2.74. The molecule has 11 heavy (non-hydrogen) atoms. The maximum absolute atomic E-state index is 10.1. The molecule has 6 heteroatoms. The smallest absolute Gasteiger partial charge is 0.316 e. The van der Waals surface area contributed by atoms with Crippen LogP contribution in [-0.4, -0.2) is 22.0 Å². The van der Waals surface area contributed by atoms with E-state index in [0.717, 1.165) is 12.4 Å². The van der Waals surface area contributed by atoms with Crippen molar-refractivity contribution in [3.8, 4) is 6.01 Å². The molecule has 0 atom stereocenters. The molecule has 1 aromatic rings. The van der Waals surface area contributed by atoms with Crippen LogP contribution in [0.2, 0.25) is 0 Å². The van der Waals surface area contributed by atoms with Gasteiger partial charge in [-0.1, -0.05) is 0 Å². The van der Waals surface area contributed by atoms with Crippen LogP contribution in [-0.2, 0) is 0 Å². The van der Waals surface area contributed by atoms with Gasteiger partial charge in [-0.05, 0) is 0 Å². The summed E-state index contributed by atoms with van der Waals surface area (Å²) in [6.07, 6.45) is 2.18. The van der Waals surface area contributed by atoms with Gasteiger partial charge in [-0.2, -0.15) is 9.97 Å². The van der Waals surface area contributed by atoms with E-state index in [4.69, 9.17) is 0 Å². The second-order valence-electron chi connectivity index (χ2n) is 1.69. The van der Waals surface area contributed by atoms with E-state index in [1.54, 1.807) is 0 Å². The molecule has 0 aliphatic rings. The number of rotatable bonds is 2. The molecule has 0 aliphatic heterocycles. The van der Waals surface area contributed by atoms with Crippen LogP contribution in [0.15, 0.2) is 12.4 Å². The van der Waals surface area contributed by atoms with E-state index in [1.165, 1.54) is 7.11 Å². The molecule has 0 radical (unpaired) electrons. The molecule has 0 amide bonds. The van der Waals surface area contributed by atoms with Crippen LogP contribution in [0.3, 0.4) is 0 Å². The highest BCUT2D eigenvalue weighted by atomic mass is 16.6. The zero-order valence-electron chi connectivity index (χ0n) is 5.72. The van der Waals surface area contributed by atoms with Crippen molar-refractivity contribution in [1.29, 1.82) is 0 Å². The highest BCUT2D eigenvalue weighted by Gasteiger charge is 2.05. The molecule has 0 saturated heterocycles. The lowest BCUT2D eigenvalue weighted by Crippen LogP contribution is -1.94. The summed E-state index contributed by atoms with van der Waals surface area (Å²) in [5.41, 5.74) is -0.147. The van der Waals surface area contributed by atoms with Gasteiger partial charge < -0.3 is 4.74 Å². The maximum atomic E-state index is 10.1. The second-order valence-corrected chi connectivity index (χ2v) is 1.69. The lowest BCUT2D eigenvalue weighted by molar-refractivity contribution is -0.385. The fourth-order valence-corrected chi connectivity index (χ4v) is 0.509. The summed E-state index contributed by atoms with van der Waals surface area (Å²) in [4.78, 5) is 16.6. The van der Waals surface area contributed by atoms with E-state index in [-0.39, 0.29) is 11.7 Å². The van der Waals surface area contributed by atoms with Gasteiger partial charge in [-0.25, -0.2) is 0 Å². The molecule has 6 nitrogen and oxygen atoms in total. The third-order valence-corrected chi connectivity index (χ3v) is 1.01. The van der Waals surface area contributed by atoms with Crippen molar-refractivity contribution in [2.45, 2.75) is 0 Å². The molecule has 0 aromatic carbocycles. The number of nitrogens with zero attached hydrogens (tertiary/aromatic N) is 3. The van der Waals surface area contributed by atoms with Crippen LogP contribution in [0.1, 0.15) is 0 Å². The Morgan fingerprint density at radius 2 is 2.09 bits per heavy atom. The predicted octanol–water partition coefficient (Wildman–Crippen LogP) is 0.393. The van der Waals surface area contributed by atoms with Crippen molar-refractivity contribution < 1.29 is 9.66 Å². The highest BCUT2D eigenvalue weighted by Crippen LogP contribution is 2.08. The molecule has 0 bridgehead atoms. The summed E-state index contributed by atoms with van der Waals surface area (Å²) >= 11 is 0. The number of ether oxygens (including phenoxy) is 1. The molecule has 0 saturated carbocycles. The number of hydrogen-bond donors (Lipinski definition) is 0. The summed E-state index contributed by atoms with van der Waals surface area (Å²) in [7, 11) is 1.39. The molecule has 58 valence electrons. The van der Waals surface area contributed by atoms with Gasteiger partial charge in [-0.15, -0.1) is 0 Å². The van der Waals surface area contributed by atoms with Crippen LogP contribution in [0, 0.1) is 10.1 Å². The van der Waals surface area contributed by atoms with Gasteiger partial charge in [0.1, 0.15) is 12.4 Å². The first-order chi connectivity index (χ1) is 5.24. The standard InChI is InChI=1S/C5H5N3O3/c1-11-5-6-2-4(3-7-5)8(9)10/h2-3H,1H3. The minimum absolute atomic E-state index is 0.121. The van der Waals surface area contributed by atoms with E-state index in [0.29, 0.717) is 0 Å². The molecular weight excluding hydrogens is 150 g/mol. The Balaban J connectivity index is 2.91. The molecule has 0 aliphatic carbocycles. The topological polar surface area (TPSA) is 78.2 Å². The van der Waals surface area contributed by atoms with Gasteiger partial charge in [0.2, 0.25) is 0 Å². The van der Waals surface area contributed by atoms with Crippen LogP contribution in [0.4, 0.5) is 5.69 Å². The Kier molecular flexibility index (Phi) is 1.95. The Morgan fingerprint density at radius 1 is 1.55 bits per heavy atom. The molecule has 0 unspecified atom stereocenters. The van der Waals surface area contributed by atoms with E-state index in [9.17, 15) is 10.1 Å². The van der Waals surface area contributed by atoms with Crippen molar-refractivity contribution in [3.63, 3.8) is 0 Å². The van der Waals surface area contributed by atoms with Crippen molar-refractivity contribution >= 4 is 5.69 Å². The maximum Gasteiger partial charge on any atom is 0.316 e. The molecule has 0 N–H and O–H groups in total. The molecule has 1 rings (SSSR count). The number of aromatic nitrogens is 2. The van der Waals surface area contributed by atoms with Crippen molar-refractivity contribution in [2.24, 2.45) is 0 Å². The van der Waals surface area contributed by atoms with Crippen molar-refractivity contribution in [3.05, 3.63) is 22.5 Å².